The van der Waals surface area contributed by atoms with E-state index in [1.165, 1.54) is 12.1 Å². The Balaban J connectivity index is 1.13. The Morgan fingerprint density at radius 1 is 1.03 bits per heavy atom. The minimum atomic E-state index is -0.420. The van der Waals surface area contributed by atoms with Crippen molar-refractivity contribution in [3.8, 4) is 0 Å². The van der Waals surface area contributed by atoms with Gasteiger partial charge in [-0.2, -0.15) is 0 Å². The monoisotopic (exact) mass is 457 g/mol. The number of hydrogen-bond acceptors (Lipinski definition) is 6. The van der Waals surface area contributed by atoms with Crippen LogP contribution in [0.4, 0.5) is 15.8 Å². The van der Waals surface area contributed by atoms with Gasteiger partial charge < -0.3 is 20.6 Å². The first-order valence-corrected chi connectivity index (χ1v) is 11.4. The van der Waals surface area contributed by atoms with Gasteiger partial charge >= 0.3 is 0 Å². The summed E-state index contributed by atoms with van der Waals surface area (Å²) in [7, 11) is 0. The van der Waals surface area contributed by atoms with Gasteiger partial charge in [0.05, 0.1) is 11.6 Å². The molecule has 0 radical (unpaired) electrons. The molecule has 2 heterocycles. The molecule has 170 valence electrons. The Kier molecular flexibility index (Phi) is 7.76. The van der Waals surface area contributed by atoms with Crippen molar-refractivity contribution in [2.75, 3.05) is 62.6 Å². The van der Waals surface area contributed by atoms with Crippen LogP contribution in [0, 0.1) is 5.82 Å². The molecule has 0 saturated carbocycles. The summed E-state index contributed by atoms with van der Waals surface area (Å²) in [6, 6.07) is 14.3. The predicted molar refractivity (Wildman–Crippen MR) is 129 cm³/mol. The molecule has 0 amide bonds. The fraction of sp³-hybridized carbons (Fsp3) is 0.375. The lowest BCUT2D eigenvalue weighted by atomic mass is 10.2. The minimum absolute atomic E-state index is 0.211. The number of nitrogens with zero attached hydrogens (tertiary/aromatic N) is 3. The van der Waals surface area contributed by atoms with Crippen LogP contribution in [0.25, 0.3) is 10.9 Å². The van der Waals surface area contributed by atoms with Gasteiger partial charge in [-0.3, -0.25) is 9.88 Å². The molecule has 8 heteroatoms. The normalized spacial score (nSPS) is 15.8. The van der Waals surface area contributed by atoms with E-state index >= 15 is 0 Å². The molecule has 0 aliphatic carbocycles. The number of nitrogens with one attached hydrogen (secondary N) is 2. The highest BCUT2D eigenvalue weighted by Gasteiger charge is 2.19. The van der Waals surface area contributed by atoms with Crippen LogP contribution in [0.1, 0.15) is 0 Å². The van der Waals surface area contributed by atoms with E-state index in [9.17, 15) is 9.50 Å². The second-order valence-electron chi connectivity index (χ2n) is 8.07. The van der Waals surface area contributed by atoms with Crippen molar-refractivity contribution in [1.82, 2.24) is 15.2 Å². The van der Waals surface area contributed by atoms with E-state index in [4.69, 9.17) is 11.6 Å². The van der Waals surface area contributed by atoms with Gasteiger partial charge in [-0.05, 0) is 48.5 Å². The number of benzene rings is 2. The minimum Gasteiger partial charge on any atom is -0.390 e. The molecule has 32 heavy (non-hydrogen) atoms. The van der Waals surface area contributed by atoms with Gasteiger partial charge in [-0.1, -0.05) is 11.6 Å². The lowest BCUT2D eigenvalue weighted by Gasteiger charge is -2.37. The summed E-state index contributed by atoms with van der Waals surface area (Å²) in [5.74, 6) is -0.211. The topological polar surface area (TPSA) is 63.7 Å². The molecular formula is C24H29ClFN5O. The van der Waals surface area contributed by atoms with Gasteiger partial charge in [0.1, 0.15) is 5.82 Å². The zero-order valence-electron chi connectivity index (χ0n) is 18.0. The van der Waals surface area contributed by atoms with E-state index in [-0.39, 0.29) is 5.82 Å². The fourth-order valence-electron chi connectivity index (χ4n) is 4.03. The molecule has 1 fully saturated rings. The van der Waals surface area contributed by atoms with Gasteiger partial charge in [-0.25, -0.2) is 4.39 Å². The number of hydrogen-bond donors (Lipinski definition) is 3. The van der Waals surface area contributed by atoms with Crippen LogP contribution in [0.2, 0.25) is 5.02 Å². The molecule has 1 aliphatic rings. The first-order valence-electron chi connectivity index (χ1n) is 11.0. The highest BCUT2D eigenvalue weighted by Crippen LogP contribution is 2.24. The van der Waals surface area contributed by atoms with E-state index < -0.39 is 6.10 Å². The number of fused-ring (bicyclic) bond motifs is 1. The molecule has 2 aromatic carbocycles. The molecule has 6 nitrogen and oxygen atoms in total. The van der Waals surface area contributed by atoms with Crippen molar-refractivity contribution in [2.45, 2.75) is 6.10 Å². The first kappa shape index (κ1) is 22.7. The number of aliphatic hydroxyl groups is 1. The van der Waals surface area contributed by atoms with Crippen molar-refractivity contribution >= 4 is 33.9 Å². The largest absolute Gasteiger partial charge is 0.390 e. The zero-order valence-corrected chi connectivity index (χ0v) is 18.7. The third-order valence-corrected chi connectivity index (χ3v) is 5.97. The van der Waals surface area contributed by atoms with Crippen molar-refractivity contribution in [3.05, 3.63) is 65.6 Å². The quantitative estimate of drug-likeness (QED) is 0.429. The molecule has 0 bridgehead atoms. The summed E-state index contributed by atoms with van der Waals surface area (Å²) in [6.45, 7) is 6.20. The van der Waals surface area contributed by atoms with Gasteiger partial charge in [0.25, 0.3) is 0 Å². The molecule has 1 unspecified atom stereocenters. The summed E-state index contributed by atoms with van der Waals surface area (Å²) >= 11 is 6.04. The van der Waals surface area contributed by atoms with Gasteiger partial charge in [-0.15, -0.1) is 0 Å². The number of aliphatic hydroxyl groups excluding tert-OH is 1. The lowest BCUT2D eigenvalue weighted by molar-refractivity contribution is 0.108. The Hall–Kier alpha value is -2.45. The standard InChI is InChI=1S/C24H29ClFN5O/c25-18-1-6-22-23(7-8-28-24(22)15-18)29-10-9-27-16-21(32)17-30-11-13-31(14-12-30)20-4-2-19(26)3-5-20/h1-8,15,21,27,32H,9-14,16-17H2,(H,28,29). The van der Waals surface area contributed by atoms with Gasteiger partial charge in [0.15, 0.2) is 0 Å². The lowest BCUT2D eigenvalue weighted by Crippen LogP contribution is -2.50. The number of anilines is 2. The van der Waals surface area contributed by atoms with Gasteiger partial charge in [0, 0.05) is 80.3 Å². The van der Waals surface area contributed by atoms with Crippen LogP contribution in [-0.4, -0.2) is 73.5 Å². The van der Waals surface area contributed by atoms with Crippen molar-refractivity contribution in [1.29, 1.82) is 0 Å². The zero-order chi connectivity index (χ0) is 22.3. The van der Waals surface area contributed by atoms with Gasteiger partial charge in [0.2, 0.25) is 0 Å². The summed E-state index contributed by atoms with van der Waals surface area (Å²) in [5.41, 5.74) is 2.93. The molecule has 4 rings (SSSR count). The molecule has 1 atom stereocenters. The average Bonchev–Trinajstić information content (AvgIpc) is 2.80. The Labute approximate surface area is 193 Å². The number of halogens is 2. The van der Waals surface area contributed by atoms with Crippen LogP contribution >= 0.6 is 11.6 Å². The van der Waals surface area contributed by atoms with Crippen molar-refractivity contribution in [2.24, 2.45) is 0 Å². The Morgan fingerprint density at radius 3 is 2.59 bits per heavy atom. The fourth-order valence-corrected chi connectivity index (χ4v) is 4.20. The second-order valence-corrected chi connectivity index (χ2v) is 8.51. The van der Waals surface area contributed by atoms with Crippen LogP contribution in [-0.2, 0) is 0 Å². The first-order chi connectivity index (χ1) is 15.6. The number of aromatic nitrogens is 1. The summed E-state index contributed by atoms with van der Waals surface area (Å²) in [4.78, 5) is 8.88. The SMILES string of the molecule is OC(CNCCNc1ccnc2cc(Cl)ccc12)CN1CCN(c2ccc(F)cc2)CC1. The second kappa shape index (κ2) is 10.9. The van der Waals surface area contributed by atoms with E-state index in [2.05, 4.69) is 25.4 Å². The number of piperazine rings is 1. The summed E-state index contributed by atoms with van der Waals surface area (Å²) in [5, 5.41) is 18.9. The third kappa shape index (κ3) is 6.07. The van der Waals surface area contributed by atoms with Crippen LogP contribution < -0.4 is 15.5 Å². The predicted octanol–water partition coefficient (Wildman–Crippen LogP) is 3.21. The molecule has 3 aromatic rings. The number of rotatable bonds is 9. The number of pyridine rings is 1. The smallest absolute Gasteiger partial charge is 0.123 e. The third-order valence-electron chi connectivity index (χ3n) is 5.73. The summed E-state index contributed by atoms with van der Waals surface area (Å²) < 4.78 is 13.1. The Morgan fingerprint density at radius 2 is 1.81 bits per heavy atom. The molecule has 1 aromatic heterocycles. The summed E-state index contributed by atoms with van der Waals surface area (Å²) in [6.07, 6.45) is 1.35. The van der Waals surface area contributed by atoms with Crippen LogP contribution in [0.15, 0.2) is 54.7 Å². The Bertz CT molecular complexity index is 1010. The van der Waals surface area contributed by atoms with E-state index in [0.717, 1.165) is 61.5 Å². The van der Waals surface area contributed by atoms with E-state index in [0.29, 0.717) is 18.1 Å². The van der Waals surface area contributed by atoms with E-state index in [1.807, 2.05) is 36.4 Å². The number of β-amino-alcohol motifs (C(OH)–C–C–N with tert-alkyl or cyclic N) is 1. The average molecular weight is 458 g/mol. The van der Waals surface area contributed by atoms with Crippen LogP contribution in [0.3, 0.4) is 0 Å². The molecular weight excluding hydrogens is 429 g/mol. The molecule has 3 N–H and O–H groups in total. The van der Waals surface area contributed by atoms with Crippen LogP contribution in [0.5, 0.6) is 0 Å². The van der Waals surface area contributed by atoms with Crippen molar-refractivity contribution < 1.29 is 9.50 Å². The molecule has 0 spiro atoms. The van der Waals surface area contributed by atoms with Crippen molar-refractivity contribution in [3.63, 3.8) is 0 Å². The maximum atomic E-state index is 13.1. The maximum absolute atomic E-state index is 13.1. The van der Waals surface area contributed by atoms with E-state index in [1.54, 1.807) is 6.20 Å². The molecule has 1 saturated heterocycles. The maximum Gasteiger partial charge on any atom is 0.123 e. The highest BCUT2D eigenvalue weighted by molar-refractivity contribution is 6.31. The molecule has 1 aliphatic heterocycles. The highest BCUT2D eigenvalue weighted by atomic mass is 35.5.